The van der Waals surface area contributed by atoms with Crippen LogP contribution < -0.4 is 14.8 Å². The molecule has 0 aliphatic heterocycles. The zero-order chi connectivity index (χ0) is 14.4. The van der Waals surface area contributed by atoms with E-state index in [-0.39, 0.29) is 0 Å². The molecular weight excluding hydrogens is 272 g/mol. The van der Waals surface area contributed by atoms with Gasteiger partial charge in [0.25, 0.3) is 0 Å². The fourth-order valence-corrected chi connectivity index (χ4v) is 2.80. The average molecular weight is 292 g/mol. The van der Waals surface area contributed by atoms with Crippen molar-refractivity contribution in [1.82, 2.24) is 10.3 Å². The van der Waals surface area contributed by atoms with E-state index in [2.05, 4.69) is 10.3 Å². The van der Waals surface area contributed by atoms with Gasteiger partial charge in [-0.15, -0.1) is 11.3 Å². The fourth-order valence-electron chi connectivity index (χ4n) is 1.88. The van der Waals surface area contributed by atoms with Gasteiger partial charge in [-0.25, -0.2) is 4.98 Å². The topological polar surface area (TPSA) is 43.4 Å². The van der Waals surface area contributed by atoms with Gasteiger partial charge in [0.05, 0.1) is 13.2 Å². The van der Waals surface area contributed by atoms with Crippen LogP contribution in [-0.4, -0.2) is 25.2 Å². The Morgan fingerprint density at radius 2 is 1.90 bits per heavy atom. The maximum Gasteiger partial charge on any atom is 0.161 e. The second kappa shape index (κ2) is 7.26. The molecule has 1 heterocycles. The number of thiazole rings is 1. The Morgan fingerprint density at radius 3 is 2.60 bits per heavy atom. The molecule has 1 N–H and O–H groups in total. The first kappa shape index (κ1) is 14.8. The van der Waals surface area contributed by atoms with Gasteiger partial charge in [0.15, 0.2) is 11.5 Å². The normalized spacial score (nSPS) is 10.6. The lowest BCUT2D eigenvalue weighted by molar-refractivity contribution is 0.288. The minimum atomic E-state index is 0.617. The molecule has 1 aromatic heterocycles. The van der Waals surface area contributed by atoms with Gasteiger partial charge in [-0.1, -0.05) is 0 Å². The Labute approximate surface area is 123 Å². The van der Waals surface area contributed by atoms with Crippen LogP contribution in [0.1, 0.15) is 18.7 Å². The Hall–Kier alpha value is -1.59. The molecule has 0 aliphatic rings. The van der Waals surface area contributed by atoms with Gasteiger partial charge >= 0.3 is 0 Å². The first-order valence-electron chi connectivity index (χ1n) is 6.77. The number of benzene rings is 1. The van der Waals surface area contributed by atoms with E-state index < -0.39 is 0 Å². The molecule has 20 heavy (non-hydrogen) atoms. The van der Waals surface area contributed by atoms with Crippen LogP contribution in [0.4, 0.5) is 0 Å². The molecule has 0 amide bonds. The lowest BCUT2D eigenvalue weighted by atomic mass is 10.2. The van der Waals surface area contributed by atoms with Crippen molar-refractivity contribution in [3.8, 4) is 22.1 Å². The van der Waals surface area contributed by atoms with Crippen LogP contribution in [0.5, 0.6) is 11.5 Å². The number of ether oxygens (including phenoxy) is 2. The molecule has 5 heteroatoms. The van der Waals surface area contributed by atoms with E-state index in [1.54, 1.807) is 11.3 Å². The summed E-state index contributed by atoms with van der Waals surface area (Å²) in [4.78, 5) is 5.68. The van der Waals surface area contributed by atoms with Crippen molar-refractivity contribution >= 4 is 11.3 Å². The number of nitrogens with one attached hydrogen (secondary N) is 1. The molecule has 0 radical (unpaired) electrons. The van der Waals surface area contributed by atoms with Crippen LogP contribution in [0.3, 0.4) is 0 Å². The van der Waals surface area contributed by atoms with Crippen LogP contribution in [0.15, 0.2) is 24.4 Å². The number of aromatic nitrogens is 1. The van der Waals surface area contributed by atoms with Crippen LogP contribution in [0.25, 0.3) is 10.6 Å². The predicted octanol–water partition coefficient (Wildman–Crippen LogP) is 3.33. The maximum atomic E-state index is 5.65. The monoisotopic (exact) mass is 292 g/mol. The van der Waals surface area contributed by atoms with Gasteiger partial charge in [-0.05, 0) is 39.1 Å². The Kier molecular flexibility index (Phi) is 5.38. The molecule has 0 unspecified atom stereocenters. The average Bonchev–Trinajstić information content (AvgIpc) is 2.90. The van der Waals surface area contributed by atoms with E-state index in [4.69, 9.17) is 9.47 Å². The summed E-state index contributed by atoms with van der Waals surface area (Å²) in [5.74, 6) is 1.56. The summed E-state index contributed by atoms with van der Waals surface area (Å²) in [6.07, 6.45) is 1.91. The molecule has 0 spiro atoms. The highest BCUT2D eigenvalue weighted by molar-refractivity contribution is 7.15. The van der Waals surface area contributed by atoms with E-state index in [9.17, 15) is 0 Å². The van der Waals surface area contributed by atoms with Crippen molar-refractivity contribution < 1.29 is 9.47 Å². The van der Waals surface area contributed by atoms with Crippen molar-refractivity contribution in [2.75, 3.05) is 20.3 Å². The highest BCUT2D eigenvalue weighted by atomic mass is 32.1. The molecule has 0 aliphatic carbocycles. The number of hydrogen-bond donors (Lipinski definition) is 1. The molecular formula is C15H20N2O2S. The summed E-state index contributed by atoms with van der Waals surface area (Å²) in [6.45, 7) is 6.02. The molecule has 0 fully saturated rings. The third-order valence-electron chi connectivity index (χ3n) is 2.69. The van der Waals surface area contributed by atoms with Gasteiger partial charge in [0, 0.05) is 23.2 Å². The molecule has 2 aromatic rings. The smallest absolute Gasteiger partial charge is 0.161 e. The summed E-state index contributed by atoms with van der Waals surface area (Å²) < 4.78 is 11.2. The van der Waals surface area contributed by atoms with Crippen LogP contribution in [0.2, 0.25) is 0 Å². The highest BCUT2D eigenvalue weighted by Gasteiger charge is 2.10. The second-order valence-corrected chi connectivity index (χ2v) is 5.30. The Morgan fingerprint density at radius 1 is 1.15 bits per heavy atom. The summed E-state index contributed by atoms with van der Waals surface area (Å²) in [5, 5.41) is 4.13. The summed E-state index contributed by atoms with van der Waals surface area (Å²) in [6, 6.07) is 5.97. The van der Waals surface area contributed by atoms with Crippen molar-refractivity contribution in [2.45, 2.75) is 20.4 Å². The SMILES string of the molecule is CCOc1ccc(-c2ncc(CNC)s2)cc1OCC. The van der Waals surface area contributed by atoms with Crippen molar-refractivity contribution in [3.05, 3.63) is 29.3 Å². The van der Waals surface area contributed by atoms with Crippen LogP contribution >= 0.6 is 11.3 Å². The van der Waals surface area contributed by atoms with Gasteiger partial charge < -0.3 is 14.8 Å². The minimum absolute atomic E-state index is 0.617. The number of hydrogen-bond acceptors (Lipinski definition) is 5. The standard InChI is InChI=1S/C15H20N2O2S/c1-4-18-13-7-6-11(8-14(13)19-5-2)15-17-10-12(20-15)9-16-3/h6-8,10,16H,4-5,9H2,1-3H3. The molecule has 0 saturated heterocycles. The zero-order valence-electron chi connectivity index (χ0n) is 12.1. The van der Waals surface area contributed by atoms with Crippen molar-refractivity contribution in [3.63, 3.8) is 0 Å². The molecule has 2 rings (SSSR count). The van der Waals surface area contributed by atoms with E-state index in [0.717, 1.165) is 28.6 Å². The maximum absolute atomic E-state index is 5.65. The zero-order valence-corrected chi connectivity index (χ0v) is 12.9. The summed E-state index contributed by atoms with van der Waals surface area (Å²) in [7, 11) is 1.93. The molecule has 0 atom stereocenters. The first-order chi connectivity index (χ1) is 9.78. The van der Waals surface area contributed by atoms with Gasteiger partial charge in [-0.3, -0.25) is 0 Å². The third-order valence-corrected chi connectivity index (χ3v) is 3.74. The van der Waals surface area contributed by atoms with E-state index in [1.165, 1.54) is 4.88 Å². The van der Waals surface area contributed by atoms with Crippen LogP contribution in [-0.2, 0) is 6.54 Å². The van der Waals surface area contributed by atoms with Gasteiger partial charge in [-0.2, -0.15) is 0 Å². The molecule has 108 valence electrons. The minimum Gasteiger partial charge on any atom is -0.490 e. The van der Waals surface area contributed by atoms with E-state index in [0.29, 0.717) is 13.2 Å². The molecule has 4 nitrogen and oxygen atoms in total. The quantitative estimate of drug-likeness (QED) is 0.850. The summed E-state index contributed by atoms with van der Waals surface area (Å²) in [5.41, 5.74) is 1.06. The predicted molar refractivity (Wildman–Crippen MR) is 82.7 cm³/mol. The fraction of sp³-hybridized carbons (Fsp3) is 0.400. The first-order valence-corrected chi connectivity index (χ1v) is 7.59. The van der Waals surface area contributed by atoms with Gasteiger partial charge in [0.2, 0.25) is 0 Å². The van der Waals surface area contributed by atoms with E-state index >= 15 is 0 Å². The molecule has 1 aromatic carbocycles. The van der Waals surface area contributed by atoms with Crippen molar-refractivity contribution in [2.24, 2.45) is 0 Å². The Bertz CT molecular complexity index is 555. The van der Waals surface area contributed by atoms with Crippen molar-refractivity contribution in [1.29, 1.82) is 0 Å². The van der Waals surface area contributed by atoms with E-state index in [1.807, 2.05) is 45.3 Å². The highest BCUT2D eigenvalue weighted by Crippen LogP contribution is 2.34. The third kappa shape index (κ3) is 3.49. The Balaban J connectivity index is 2.28. The second-order valence-electron chi connectivity index (χ2n) is 4.19. The van der Waals surface area contributed by atoms with Crippen LogP contribution in [0, 0.1) is 0 Å². The largest absolute Gasteiger partial charge is 0.490 e. The lowest BCUT2D eigenvalue weighted by Gasteiger charge is -2.11. The van der Waals surface area contributed by atoms with Gasteiger partial charge in [0.1, 0.15) is 5.01 Å². The molecule has 0 saturated carbocycles. The molecule has 0 bridgehead atoms. The number of rotatable bonds is 7. The number of nitrogens with zero attached hydrogens (tertiary/aromatic N) is 1. The lowest BCUT2D eigenvalue weighted by Crippen LogP contribution is -2.02. The summed E-state index contributed by atoms with van der Waals surface area (Å²) >= 11 is 1.69.